The van der Waals surface area contributed by atoms with Crippen LogP contribution >= 0.6 is 11.6 Å². The van der Waals surface area contributed by atoms with E-state index < -0.39 is 5.54 Å². The van der Waals surface area contributed by atoms with E-state index in [9.17, 15) is 9.59 Å². The number of carbonyl (C=O) groups excluding carboxylic acids is 2. The van der Waals surface area contributed by atoms with Crippen LogP contribution in [0.2, 0.25) is 0 Å². The van der Waals surface area contributed by atoms with Gasteiger partial charge in [0.25, 0.3) is 0 Å². The number of amides is 2. The molecule has 2 aliphatic rings. The van der Waals surface area contributed by atoms with E-state index >= 15 is 0 Å². The molecule has 1 spiro atoms. The number of piperazine rings is 1. The smallest absolute Gasteiger partial charge is 0.249 e. The minimum Gasteiger partial charge on any atom is -0.340 e. The summed E-state index contributed by atoms with van der Waals surface area (Å²) in [5, 5.41) is 3.07. The van der Waals surface area contributed by atoms with Gasteiger partial charge in [-0.15, -0.1) is 0 Å². The van der Waals surface area contributed by atoms with Crippen LogP contribution in [-0.2, 0) is 9.59 Å². The van der Waals surface area contributed by atoms with Crippen LogP contribution in [0.3, 0.4) is 0 Å². The maximum Gasteiger partial charge on any atom is 0.249 e. The van der Waals surface area contributed by atoms with E-state index in [-0.39, 0.29) is 23.8 Å². The molecule has 1 saturated carbocycles. The molecule has 0 bridgehead atoms. The van der Waals surface area contributed by atoms with Gasteiger partial charge in [0.2, 0.25) is 11.8 Å². The number of nitrogens with zero attached hydrogens (tertiary/aromatic N) is 1. The second-order valence-electron chi connectivity index (χ2n) is 6.28. The van der Waals surface area contributed by atoms with Gasteiger partial charge in [0, 0.05) is 12.1 Å². The minimum atomic E-state index is -0.667. The van der Waals surface area contributed by atoms with Crippen molar-refractivity contribution in [3.05, 3.63) is 11.6 Å². The van der Waals surface area contributed by atoms with E-state index in [0.29, 0.717) is 6.54 Å². The fourth-order valence-electron chi connectivity index (χ4n) is 3.54. The van der Waals surface area contributed by atoms with Crippen LogP contribution in [0.4, 0.5) is 0 Å². The van der Waals surface area contributed by atoms with Gasteiger partial charge in [-0.2, -0.15) is 0 Å². The van der Waals surface area contributed by atoms with Crippen LogP contribution in [0.25, 0.3) is 0 Å². The average molecular weight is 313 g/mol. The summed E-state index contributed by atoms with van der Waals surface area (Å²) >= 11 is 5.62. The monoisotopic (exact) mass is 312 g/mol. The third-order valence-electron chi connectivity index (χ3n) is 4.92. The molecule has 2 atom stereocenters. The van der Waals surface area contributed by atoms with Crippen LogP contribution in [0, 0.1) is 5.92 Å². The Balaban J connectivity index is 2.30. The van der Waals surface area contributed by atoms with Crippen molar-refractivity contribution in [2.45, 2.75) is 64.0 Å². The highest BCUT2D eigenvalue weighted by atomic mass is 35.5. The van der Waals surface area contributed by atoms with Gasteiger partial charge in [0.05, 0.1) is 0 Å². The van der Waals surface area contributed by atoms with Crippen LogP contribution in [0.1, 0.15) is 52.4 Å². The first-order valence-corrected chi connectivity index (χ1v) is 8.37. The highest BCUT2D eigenvalue weighted by molar-refractivity contribution is 6.25. The maximum absolute atomic E-state index is 13.0. The normalized spacial score (nSPS) is 27.2. The number of carbonyl (C=O) groups is 2. The third kappa shape index (κ3) is 3.10. The van der Waals surface area contributed by atoms with Crippen LogP contribution in [-0.4, -0.2) is 34.8 Å². The van der Waals surface area contributed by atoms with Crippen molar-refractivity contribution in [2.75, 3.05) is 6.54 Å². The SMILES string of the molecule is CCC(C)C1C(=O)NC2(CCCCC2)C(=O)N1C/C=C/Cl. The Morgan fingerprint density at radius 3 is 2.62 bits per heavy atom. The number of rotatable bonds is 4. The fraction of sp³-hybridized carbons (Fsp3) is 0.750. The van der Waals surface area contributed by atoms with Gasteiger partial charge in [-0.1, -0.05) is 57.2 Å². The van der Waals surface area contributed by atoms with Crippen molar-refractivity contribution >= 4 is 23.4 Å². The first-order chi connectivity index (χ1) is 10.1. The summed E-state index contributed by atoms with van der Waals surface area (Å²) in [5.74, 6) is 0.203. The van der Waals surface area contributed by atoms with E-state index in [2.05, 4.69) is 5.32 Å². The third-order valence-corrected chi connectivity index (χ3v) is 5.10. The molecule has 1 aliphatic heterocycles. The van der Waals surface area contributed by atoms with Gasteiger partial charge < -0.3 is 10.2 Å². The summed E-state index contributed by atoms with van der Waals surface area (Å²) in [6, 6.07) is -0.386. The van der Waals surface area contributed by atoms with E-state index in [4.69, 9.17) is 11.6 Å². The first-order valence-electron chi connectivity index (χ1n) is 7.94. The van der Waals surface area contributed by atoms with Gasteiger partial charge in [-0.05, 0) is 18.8 Å². The van der Waals surface area contributed by atoms with Gasteiger partial charge in [-0.3, -0.25) is 9.59 Å². The Hall–Kier alpha value is -1.03. The number of hydrogen-bond acceptors (Lipinski definition) is 2. The van der Waals surface area contributed by atoms with E-state index in [0.717, 1.165) is 38.5 Å². The molecule has 2 rings (SSSR count). The second-order valence-corrected chi connectivity index (χ2v) is 6.53. The molecule has 1 aliphatic carbocycles. The zero-order chi connectivity index (χ0) is 15.5. The standard InChI is InChI=1S/C16H25ClN2O2/c1-3-12(2)13-14(20)18-16(8-5-4-6-9-16)15(21)19(13)11-7-10-17/h7,10,12-13H,3-6,8-9,11H2,1-2H3,(H,18,20)/b10-7+. The minimum absolute atomic E-state index is 0.00572. The summed E-state index contributed by atoms with van der Waals surface area (Å²) in [5.41, 5.74) is 0.750. The average Bonchev–Trinajstić information content (AvgIpc) is 2.49. The van der Waals surface area contributed by atoms with Gasteiger partial charge in [-0.25, -0.2) is 0 Å². The molecule has 0 aromatic rings. The Morgan fingerprint density at radius 1 is 1.38 bits per heavy atom. The lowest BCUT2D eigenvalue weighted by molar-refractivity contribution is -0.158. The van der Waals surface area contributed by atoms with Crippen LogP contribution in [0.5, 0.6) is 0 Å². The molecule has 118 valence electrons. The Morgan fingerprint density at radius 2 is 2.05 bits per heavy atom. The molecule has 5 heteroatoms. The second kappa shape index (κ2) is 6.82. The molecule has 2 fully saturated rings. The topological polar surface area (TPSA) is 49.4 Å². The molecule has 1 N–H and O–H groups in total. The molecular weight excluding hydrogens is 288 g/mol. The van der Waals surface area contributed by atoms with Crippen molar-refractivity contribution < 1.29 is 9.59 Å². The summed E-state index contributed by atoms with van der Waals surface area (Å²) in [6.45, 7) is 4.48. The lowest BCUT2D eigenvalue weighted by atomic mass is 9.77. The Kier molecular flexibility index (Phi) is 5.31. The number of halogens is 1. The summed E-state index contributed by atoms with van der Waals surface area (Å²) in [4.78, 5) is 27.4. The van der Waals surface area contributed by atoms with Crippen molar-refractivity contribution in [3.63, 3.8) is 0 Å². The van der Waals surface area contributed by atoms with Crippen LogP contribution in [0.15, 0.2) is 11.6 Å². The molecule has 0 aromatic carbocycles. The molecule has 0 radical (unpaired) electrons. The molecule has 1 saturated heterocycles. The van der Waals surface area contributed by atoms with Gasteiger partial charge >= 0.3 is 0 Å². The van der Waals surface area contributed by atoms with Gasteiger partial charge in [0.1, 0.15) is 11.6 Å². The molecule has 2 amide bonds. The Bertz CT molecular complexity index is 430. The van der Waals surface area contributed by atoms with E-state index in [1.54, 1.807) is 11.0 Å². The lowest BCUT2D eigenvalue weighted by Gasteiger charge is -2.48. The molecule has 0 aromatic heterocycles. The zero-order valence-corrected chi connectivity index (χ0v) is 13.7. The highest BCUT2D eigenvalue weighted by Gasteiger charge is 2.51. The van der Waals surface area contributed by atoms with Gasteiger partial charge in [0.15, 0.2) is 0 Å². The van der Waals surface area contributed by atoms with E-state index in [1.807, 2.05) is 13.8 Å². The summed E-state index contributed by atoms with van der Waals surface area (Å²) in [7, 11) is 0. The first kappa shape index (κ1) is 16.3. The molecule has 2 unspecified atom stereocenters. The van der Waals surface area contributed by atoms with Crippen molar-refractivity contribution in [2.24, 2.45) is 5.92 Å². The van der Waals surface area contributed by atoms with E-state index in [1.165, 1.54) is 5.54 Å². The highest BCUT2D eigenvalue weighted by Crippen LogP contribution is 2.35. The quantitative estimate of drug-likeness (QED) is 0.868. The maximum atomic E-state index is 13.0. The predicted molar refractivity (Wildman–Crippen MR) is 83.9 cm³/mol. The lowest BCUT2D eigenvalue weighted by Crippen LogP contribution is -2.71. The fourth-order valence-corrected chi connectivity index (χ4v) is 3.62. The predicted octanol–water partition coefficient (Wildman–Crippen LogP) is 2.81. The molecule has 4 nitrogen and oxygen atoms in total. The summed E-state index contributed by atoms with van der Waals surface area (Å²) in [6.07, 6.45) is 7.25. The molecule has 21 heavy (non-hydrogen) atoms. The number of nitrogens with one attached hydrogen (secondary N) is 1. The van der Waals surface area contributed by atoms with Crippen molar-refractivity contribution in [1.29, 1.82) is 0 Å². The summed E-state index contributed by atoms with van der Waals surface area (Å²) < 4.78 is 0. The van der Waals surface area contributed by atoms with Crippen LogP contribution < -0.4 is 5.32 Å². The molecule has 1 heterocycles. The Labute approximate surface area is 131 Å². The van der Waals surface area contributed by atoms with Crippen molar-refractivity contribution in [3.8, 4) is 0 Å². The number of hydrogen-bond donors (Lipinski definition) is 1. The molecular formula is C16H25ClN2O2. The largest absolute Gasteiger partial charge is 0.340 e. The zero-order valence-electron chi connectivity index (χ0n) is 12.9. The van der Waals surface area contributed by atoms with Crippen molar-refractivity contribution in [1.82, 2.24) is 10.2 Å².